The van der Waals surface area contributed by atoms with Gasteiger partial charge in [0.05, 0.1) is 24.2 Å². The number of likely N-dealkylation sites (tertiary alicyclic amines) is 1. The van der Waals surface area contributed by atoms with Crippen LogP contribution < -0.4 is 0 Å². The van der Waals surface area contributed by atoms with Crippen LogP contribution in [0.5, 0.6) is 0 Å². The lowest BCUT2D eigenvalue weighted by Gasteiger charge is -2.33. The molecule has 0 saturated carbocycles. The second kappa shape index (κ2) is 10.9. The minimum absolute atomic E-state index is 0.0289. The summed E-state index contributed by atoms with van der Waals surface area (Å²) in [5.74, 6) is 0.686. The van der Waals surface area contributed by atoms with E-state index in [1.54, 1.807) is 23.3 Å². The Balaban J connectivity index is 1.84. The van der Waals surface area contributed by atoms with E-state index in [0.29, 0.717) is 25.1 Å². The summed E-state index contributed by atoms with van der Waals surface area (Å²) in [5.41, 5.74) is 0. The predicted octanol–water partition coefficient (Wildman–Crippen LogP) is 2.49. The minimum Gasteiger partial charge on any atom is -0.481 e. The highest BCUT2D eigenvalue weighted by molar-refractivity contribution is 8.00. The lowest BCUT2D eigenvalue weighted by Crippen LogP contribution is -2.42. The average molecular weight is 379 g/mol. The Labute approximate surface area is 157 Å². The van der Waals surface area contributed by atoms with Gasteiger partial charge in [0.1, 0.15) is 5.76 Å². The fraction of sp³-hybridized carbons (Fsp3) is 0.474. The monoisotopic (exact) mass is 379 g/mol. The van der Waals surface area contributed by atoms with Crippen LogP contribution in [0.4, 0.5) is 0 Å². The molecule has 0 aliphatic carbocycles. The minimum atomic E-state index is -0.826. The smallest absolute Gasteiger partial charge is 0.313 e. The lowest BCUT2D eigenvalue weighted by atomic mass is 10.00. The quantitative estimate of drug-likeness (QED) is 0.479. The topological polar surface area (TPSA) is 91.0 Å². The summed E-state index contributed by atoms with van der Waals surface area (Å²) >= 11 is 1.32. The number of rotatable bonds is 10. The molecule has 0 bridgehead atoms. The van der Waals surface area contributed by atoms with Crippen molar-refractivity contribution < 1.29 is 24.2 Å². The van der Waals surface area contributed by atoms with E-state index in [0.717, 1.165) is 18.6 Å². The molecule has 1 fully saturated rings. The highest BCUT2D eigenvalue weighted by Gasteiger charge is 2.25. The molecule has 2 heterocycles. The molecule has 2 atom stereocenters. The lowest BCUT2D eigenvalue weighted by molar-refractivity contribution is -0.135. The van der Waals surface area contributed by atoms with Crippen LogP contribution in [0.15, 0.2) is 47.1 Å². The van der Waals surface area contributed by atoms with E-state index in [4.69, 9.17) is 9.52 Å². The molecule has 7 heteroatoms. The largest absolute Gasteiger partial charge is 0.481 e. The standard InChI is InChI=1S/C19H25NO5S/c21-16(13-17-6-4-11-25-17)9-8-15-5-3-7-18(22)20(15)10-1-2-12-26-14-19(23)24/h1-2,4,6,8-9,11,15-16,21H,3,5,7,10,12-14H2,(H,23,24)/b2-1-,9-8+/t15-,16?/m1/s1. The fourth-order valence-electron chi connectivity index (χ4n) is 2.81. The molecule has 0 spiro atoms. The maximum absolute atomic E-state index is 12.2. The highest BCUT2D eigenvalue weighted by Crippen LogP contribution is 2.20. The summed E-state index contributed by atoms with van der Waals surface area (Å²) in [6.45, 7) is 0.496. The van der Waals surface area contributed by atoms with Gasteiger partial charge in [-0.25, -0.2) is 0 Å². The van der Waals surface area contributed by atoms with Crippen molar-refractivity contribution in [3.8, 4) is 0 Å². The third-order valence-electron chi connectivity index (χ3n) is 4.07. The molecule has 2 rings (SSSR count). The number of aliphatic hydroxyl groups excluding tert-OH is 1. The number of aliphatic hydroxyl groups is 1. The van der Waals surface area contributed by atoms with E-state index in [1.165, 1.54) is 11.8 Å². The van der Waals surface area contributed by atoms with E-state index in [9.17, 15) is 14.7 Å². The van der Waals surface area contributed by atoms with Gasteiger partial charge in [0.2, 0.25) is 5.91 Å². The summed E-state index contributed by atoms with van der Waals surface area (Å²) in [6.07, 6.45) is 11.0. The van der Waals surface area contributed by atoms with Gasteiger partial charge in [-0.1, -0.05) is 24.3 Å². The van der Waals surface area contributed by atoms with Gasteiger partial charge in [-0.2, -0.15) is 0 Å². The van der Waals surface area contributed by atoms with Crippen molar-refractivity contribution in [2.75, 3.05) is 18.1 Å². The van der Waals surface area contributed by atoms with Crippen LogP contribution in [-0.4, -0.2) is 57.2 Å². The molecular formula is C19H25NO5S. The number of nitrogens with zero attached hydrogens (tertiary/aromatic N) is 1. The van der Waals surface area contributed by atoms with Crippen molar-refractivity contribution in [2.45, 2.75) is 37.8 Å². The van der Waals surface area contributed by atoms with Crippen molar-refractivity contribution in [1.29, 1.82) is 0 Å². The van der Waals surface area contributed by atoms with Crippen molar-refractivity contribution in [2.24, 2.45) is 0 Å². The Hall–Kier alpha value is -1.99. The summed E-state index contributed by atoms with van der Waals surface area (Å²) < 4.78 is 5.23. The number of aliphatic carboxylic acids is 1. The van der Waals surface area contributed by atoms with Gasteiger partial charge in [-0.15, -0.1) is 11.8 Å². The molecule has 142 valence electrons. The Morgan fingerprint density at radius 3 is 3.04 bits per heavy atom. The number of carboxylic acid groups (broad SMARTS) is 1. The molecule has 1 aliphatic heterocycles. The van der Waals surface area contributed by atoms with Crippen LogP contribution in [0.2, 0.25) is 0 Å². The Kier molecular flexibility index (Phi) is 8.50. The zero-order chi connectivity index (χ0) is 18.8. The molecule has 1 unspecified atom stereocenters. The number of furan rings is 1. The summed E-state index contributed by atoms with van der Waals surface area (Å²) in [4.78, 5) is 24.5. The first-order valence-corrected chi connectivity index (χ1v) is 9.84. The van der Waals surface area contributed by atoms with Crippen molar-refractivity contribution >= 4 is 23.6 Å². The Morgan fingerprint density at radius 1 is 1.46 bits per heavy atom. The molecule has 0 radical (unpaired) electrons. The molecule has 1 aliphatic rings. The average Bonchev–Trinajstić information content (AvgIpc) is 3.10. The number of carbonyl (C=O) groups is 2. The third-order valence-corrected chi connectivity index (χ3v) is 4.94. The zero-order valence-corrected chi connectivity index (χ0v) is 15.4. The number of carbonyl (C=O) groups excluding carboxylic acids is 1. The first kappa shape index (κ1) is 20.3. The molecular weight excluding hydrogens is 354 g/mol. The van der Waals surface area contributed by atoms with Gasteiger partial charge < -0.3 is 19.5 Å². The Bertz CT molecular complexity index is 626. The molecule has 2 N–H and O–H groups in total. The number of hydrogen-bond donors (Lipinski definition) is 2. The molecule has 1 saturated heterocycles. The van der Waals surface area contributed by atoms with Crippen LogP contribution in [0.1, 0.15) is 25.0 Å². The van der Waals surface area contributed by atoms with Crippen LogP contribution in [0.3, 0.4) is 0 Å². The summed E-state index contributed by atoms with van der Waals surface area (Å²) in [6, 6.07) is 3.58. The van der Waals surface area contributed by atoms with Crippen LogP contribution in [-0.2, 0) is 16.0 Å². The maximum Gasteiger partial charge on any atom is 0.313 e. The summed E-state index contributed by atoms with van der Waals surface area (Å²) in [7, 11) is 0. The normalized spacial score (nSPS) is 19.5. The molecule has 1 aromatic heterocycles. The number of carboxylic acids is 1. The second-order valence-electron chi connectivity index (χ2n) is 6.12. The second-order valence-corrected chi connectivity index (χ2v) is 7.15. The van der Waals surface area contributed by atoms with Crippen molar-refractivity contribution in [3.05, 3.63) is 48.5 Å². The first-order chi connectivity index (χ1) is 12.6. The van der Waals surface area contributed by atoms with Gasteiger partial charge in [0.15, 0.2) is 0 Å². The third kappa shape index (κ3) is 7.09. The number of piperidine rings is 1. The van der Waals surface area contributed by atoms with Crippen molar-refractivity contribution in [3.63, 3.8) is 0 Å². The van der Waals surface area contributed by atoms with Gasteiger partial charge in [-0.05, 0) is 25.0 Å². The SMILES string of the molecule is O=C(O)CSC/C=C\CN1C(=O)CCC[C@@H]1/C=C/C(O)Cc1ccco1. The predicted molar refractivity (Wildman–Crippen MR) is 101 cm³/mol. The molecule has 1 aromatic rings. The maximum atomic E-state index is 12.2. The molecule has 6 nitrogen and oxygen atoms in total. The van der Waals surface area contributed by atoms with Gasteiger partial charge in [0.25, 0.3) is 0 Å². The van der Waals surface area contributed by atoms with E-state index in [-0.39, 0.29) is 17.7 Å². The molecule has 0 aromatic carbocycles. The van der Waals surface area contributed by atoms with Crippen molar-refractivity contribution in [1.82, 2.24) is 4.90 Å². The van der Waals surface area contributed by atoms with E-state index >= 15 is 0 Å². The van der Waals surface area contributed by atoms with Crippen LogP contribution in [0, 0.1) is 0 Å². The van der Waals surface area contributed by atoms with Gasteiger partial charge in [-0.3, -0.25) is 9.59 Å². The van der Waals surface area contributed by atoms with E-state index < -0.39 is 12.1 Å². The van der Waals surface area contributed by atoms with Crippen LogP contribution >= 0.6 is 11.8 Å². The Morgan fingerprint density at radius 2 is 2.31 bits per heavy atom. The van der Waals surface area contributed by atoms with E-state index in [1.807, 2.05) is 24.3 Å². The highest BCUT2D eigenvalue weighted by atomic mass is 32.2. The molecule has 1 amide bonds. The number of thioether (sulfide) groups is 1. The fourth-order valence-corrected chi connectivity index (χ4v) is 3.38. The summed E-state index contributed by atoms with van der Waals surface area (Å²) in [5, 5.41) is 18.7. The molecule has 26 heavy (non-hydrogen) atoms. The van der Waals surface area contributed by atoms with E-state index in [2.05, 4.69) is 0 Å². The number of hydrogen-bond acceptors (Lipinski definition) is 5. The van der Waals surface area contributed by atoms with Gasteiger partial charge in [0, 0.05) is 25.1 Å². The van der Waals surface area contributed by atoms with Gasteiger partial charge >= 0.3 is 5.97 Å². The number of amides is 1. The zero-order valence-electron chi connectivity index (χ0n) is 14.6. The first-order valence-electron chi connectivity index (χ1n) is 8.69. The van der Waals surface area contributed by atoms with Crippen LogP contribution in [0.25, 0.3) is 0 Å².